The second kappa shape index (κ2) is 8.02. The number of hydrogen-bond donors (Lipinski definition) is 0. The third kappa shape index (κ3) is 3.78. The van der Waals surface area contributed by atoms with E-state index in [0.717, 1.165) is 16.5 Å². The maximum atomic E-state index is 12.9. The Morgan fingerprint density at radius 3 is 2.33 bits per heavy atom. The highest BCUT2D eigenvalue weighted by Crippen LogP contribution is 2.27. The van der Waals surface area contributed by atoms with E-state index in [-0.39, 0.29) is 9.80 Å². The minimum atomic E-state index is -3.88. The van der Waals surface area contributed by atoms with Crippen LogP contribution in [0.2, 0.25) is 0 Å². The molecule has 0 N–H and O–H groups in total. The van der Waals surface area contributed by atoms with Gasteiger partial charge in [-0.3, -0.25) is 0 Å². The molecular formula is C25H20N2O2S. The van der Waals surface area contributed by atoms with Crippen molar-refractivity contribution in [3.05, 3.63) is 107 Å². The zero-order chi connectivity index (χ0) is 21.1. The highest BCUT2D eigenvalue weighted by molar-refractivity contribution is 7.95. The van der Waals surface area contributed by atoms with Crippen molar-refractivity contribution < 1.29 is 8.42 Å². The van der Waals surface area contributed by atoms with Crippen molar-refractivity contribution in [3.63, 3.8) is 0 Å². The van der Waals surface area contributed by atoms with Gasteiger partial charge in [0.25, 0.3) is 0 Å². The molecule has 4 rings (SSSR count). The van der Waals surface area contributed by atoms with Gasteiger partial charge in [-0.05, 0) is 36.8 Å². The lowest BCUT2D eigenvalue weighted by molar-refractivity contribution is 0.603. The Morgan fingerprint density at radius 2 is 1.63 bits per heavy atom. The topological polar surface area (TPSA) is 62.9 Å². The van der Waals surface area contributed by atoms with Gasteiger partial charge in [0, 0.05) is 29.2 Å². The van der Waals surface area contributed by atoms with Gasteiger partial charge in [0.05, 0.1) is 4.90 Å². The molecule has 0 saturated heterocycles. The van der Waals surface area contributed by atoms with E-state index >= 15 is 0 Å². The van der Waals surface area contributed by atoms with Gasteiger partial charge in [0.1, 0.15) is 11.0 Å². The molecule has 30 heavy (non-hydrogen) atoms. The summed E-state index contributed by atoms with van der Waals surface area (Å²) in [4.78, 5) is -0.159. The number of hydrogen-bond acceptors (Lipinski definition) is 3. The number of allylic oxidation sites excluding steroid dienone is 1. The van der Waals surface area contributed by atoms with E-state index in [9.17, 15) is 13.7 Å². The summed E-state index contributed by atoms with van der Waals surface area (Å²) < 4.78 is 28.0. The van der Waals surface area contributed by atoms with Crippen LogP contribution in [0.3, 0.4) is 0 Å². The highest BCUT2D eigenvalue weighted by Gasteiger charge is 2.21. The van der Waals surface area contributed by atoms with E-state index in [1.807, 2.05) is 43.5 Å². The minimum absolute atomic E-state index is 0.112. The third-order valence-electron chi connectivity index (χ3n) is 5.03. The summed E-state index contributed by atoms with van der Waals surface area (Å²) >= 11 is 0. The van der Waals surface area contributed by atoms with Crippen LogP contribution in [0.1, 0.15) is 16.7 Å². The standard InChI is InChI=1S/C25H20N2O2S/c1-19-11-13-20(14-12-19)17-27-18-21(24-9-5-6-10-25(24)27)15-23(16-26)30(28,29)22-7-3-2-4-8-22/h2-15,18H,17H2,1H3/b23-15+. The predicted molar refractivity (Wildman–Crippen MR) is 119 cm³/mol. The van der Waals surface area contributed by atoms with Crippen molar-refractivity contribution in [2.75, 3.05) is 0 Å². The molecule has 0 spiro atoms. The summed E-state index contributed by atoms with van der Waals surface area (Å²) in [6.07, 6.45) is 3.37. The number of fused-ring (bicyclic) bond motifs is 1. The predicted octanol–water partition coefficient (Wildman–Crippen LogP) is 5.34. The largest absolute Gasteiger partial charge is 0.342 e. The van der Waals surface area contributed by atoms with Gasteiger partial charge in [-0.2, -0.15) is 5.26 Å². The normalized spacial score (nSPS) is 12.1. The van der Waals surface area contributed by atoms with Crippen LogP contribution in [0.4, 0.5) is 0 Å². The van der Waals surface area contributed by atoms with Gasteiger partial charge in [0.15, 0.2) is 0 Å². The van der Waals surface area contributed by atoms with Crippen molar-refractivity contribution in [1.82, 2.24) is 4.57 Å². The lowest BCUT2D eigenvalue weighted by Gasteiger charge is -2.06. The Morgan fingerprint density at radius 1 is 0.967 bits per heavy atom. The van der Waals surface area contributed by atoms with Gasteiger partial charge in [-0.1, -0.05) is 66.2 Å². The molecule has 1 aromatic heterocycles. The zero-order valence-corrected chi connectivity index (χ0v) is 17.3. The van der Waals surface area contributed by atoms with Crippen molar-refractivity contribution in [2.24, 2.45) is 0 Å². The Balaban J connectivity index is 1.81. The summed E-state index contributed by atoms with van der Waals surface area (Å²) in [7, 11) is -3.88. The van der Waals surface area contributed by atoms with Gasteiger partial charge < -0.3 is 4.57 Å². The van der Waals surface area contributed by atoms with E-state index in [0.29, 0.717) is 12.1 Å². The summed E-state index contributed by atoms with van der Waals surface area (Å²) in [6.45, 7) is 2.70. The Labute approximate surface area is 176 Å². The first kappa shape index (κ1) is 19.7. The molecule has 4 nitrogen and oxygen atoms in total. The molecule has 0 fully saturated rings. The van der Waals surface area contributed by atoms with E-state index in [1.54, 1.807) is 18.2 Å². The Hall–Kier alpha value is -3.62. The maximum absolute atomic E-state index is 12.9. The van der Waals surface area contributed by atoms with Crippen LogP contribution in [-0.2, 0) is 16.4 Å². The monoisotopic (exact) mass is 412 g/mol. The molecule has 3 aromatic carbocycles. The van der Waals surface area contributed by atoms with Crippen LogP contribution in [0.15, 0.2) is 94.9 Å². The molecule has 0 unspecified atom stereocenters. The van der Waals surface area contributed by atoms with Crippen LogP contribution in [0, 0.1) is 18.3 Å². The highest BCUT2D eigenvalue weighted by atomic mass is 32.2. The third-order valence-corrected chi connectivity index (χ3v) is 6.71. The molecule has 0 amide bonds. The van der Waals surface area contributed by atoms with Crippen molar-refractivity contribution in [1.29, 1.82) is 5.26 Å². The SMILES string of the molecule is Cc1ccc(Cn2cc(/C=C(\C#N)S(=O)(=O)c3ccccc3)c3ccccc32)cc1. The van der Waals surface area contributed by atoms with E-state index in [2.05, 4.69) is 28.8 Å². The molecule has 5 heteroatoms. The number of benzene rings is 3. The average molecular weight is 413 g/mol. The smallest absolute Gasteiger partial charge is 0.216 e. The fourth-order valence-electron chi connectivity index (χ4n) is 3.45. The fraction of sp³-hybridized carbons (Fsp3) is 0.0800. The van der Waals surface area contributed by atoms with Crippen LogP contribution in [0.5, 0.6) is 0 Å². The first-order valence-corrected chi connectivity index (χ1v) is 11.0. The lowest BCUT2D eigenvalue weighted by atomic mass is 10.1. The quantitative estimate of drug-likeness (QED) is 0.416. The number of nitriles is 1. The van der Waals surface area contributed by atoms with Crippen LogP contribution < -0.4 is 0 Å². The van der Waals surface area contributed by atoms with E-state index in [1.165, 1.54) is 23.8 Å². The molecule has 0 radical (unpaired) electrons. The molecule has 0 atom stereocenters. The van der Waals surface area contributed by atoms with Crippen molar-refractivity contribution in [3.8, 4) is 6.07 Å². The Kier molecular flexibility index (Phi) is 5.26. The van der Waals surface area contributed by atoms with Crippen molar-refractivity contribution >= 4 is 26.8 Å². The van der Waals surface area contributed by atoms with Gasteiger partial charge >= 0.3 is 0 Å². The second-order valence-corrected chi connectivity index (χ2v) is 9.07. The molecule has 0 saturated carbocycles. The molecule has 4 aromatic rings. The summed E-state index contributed by atoms with van der Waals surface area (Å²) in [5.41, 5.74) is 4.03. The molecular weight excluding hydrogens is 392 g/mol. The minimum Gasteiger partial charge on any atom is -0.342 e. The Bertz CT molecular complexity index is 1370. The van der Waals surface area contributed by atoms with Crippen LogP contribution in [0.25, 0.3) is 17.0 Å². The molecule has 0 aliphatic carbocycles. The second-order valence-electron chi connectivity index (χ2n) is 7.15. The number of nitrogens with zero attached hydrogens (tertiary/aromatic N) is 2. The molecule has 148 valence electrons. The van der Waals surface area contributed by atoms with Gasteiger partial charge in [-0.15, -0.1) is 0 Å². The molecule has 1 heterocycles. The van der Waals surface area contributed by atoms with Gasteiger partial charge in [-0.25, -0.2) is 8.42 Å². The molecule has 0 bridgehead atoms. The first-order valence-electron chi connectivity index (χ1n) is 9.54. The number of rotatable bonds is 5. The van der Waals surface area contributed by atoms with Crippen molar-refractivity contribution in [2.45, 2.75) is 18.4 Å². The number of para-hydroxylation sites is 1. The first-order chi connectivity index (χ1) is 14.5. The average Bonchev–Trinajstić information content (AvgIpc) is 3.11. The number of sulfone groups is 1. The van der Waals surface area contributed by atoms with Crippen LogP contribution in [-0.4, -0.2) is 13.0 Å². The summed E-state index contributed by atoms with van der Waals surface area (Å²) in [6, 6.07) is 26.0. The molecule has 0 aliphatic rings. The fourth-order valence-corrected chi connectivity index (χ4v) is 4.62. The van der Waals surface area contributed by atoms with E-state index < -0.39 is 9.84 Å². The summed E-state index contributed by atoms with van der Waals surface area (Å²) in [5, 5.41) is 10.5. The maximum Gasteiger partial charge on any atom is 0.216 e. The number of aryl methyl sites for hydroxylation is 1. The summed E-state index contributed by atoms with van der Waals surface area (Å²) in [5.74, 6) is 0. The van der Waals surface area contributed by atoms with E-state index in [4.69, 9.17) is 0 Å². The lowest BCUT2D eigenvalue weighted by Crippen LogP contribution is -2.03. The van der Waals surface area contributed by atoms with Gasteiger partial charge in [0.2, 0.25) is 9.84 Å². The molecule has 0 aliphatic heterocycles. The number of aromatic nitrogens is 1. The van der Waals surface area contributed by atoms with Crippen LogP contribution >= 0.6 is 0 Å². The zero-order valence-electron chi connectivity index (χ0n) is 16.5.